The van der Waals surface area contributed by atoms with Gasteiger partial charge in [0.2, 0.25) is 0 Å². The molecule has 4 rings (SSSR count). The van der Waals surface area contributed by atoms with Gasteiger partial charge in [-0.3, -0.25) is 0 Å². The Hall–Kier alpha value is -2.65. The van der Waals surface area contributed by atoms with Crippen molar-refractivity contribution in [2.45, 2.75) is 19.1 Å². The van der Waals surface area contributed by atoms with E-state index in [1.54, 1.807) is 0 Å². The van der Waals surface area contributed by atoms with Crippen molar-refractivity contribution >= 4 is 11.5 Å². The van der Waals surface area contributed by atoms with Gasteiger partial charge in [-0.15, -0.1) is 0 Å². The van der Waals surface area contributed by atoms with E-state index < -0.39 is 5.72 Å². The summed E-state index contributed by atoms with van der Waals surface area (Å²) in [5, 5.41) is 11.4. The second kappa shape index (κ2) is 5.77. The third-order valence-electron chi connectivity index (χ3n) is 4.65. The summed E-state index contributed by atoms with van der Waals surface area (Å²) in [6, 6.07) is 24.7. The lowest BCUT2D eigenvalue weighted by Gasteiger charge is -2.19. The molecular formula is C21H21N2O+. The molecule has 0 saturated carbocycles. The van der Waals surface area contributed by atoms with Crippen molar-refractivity contribution < 1.29 is 9.67 Å². The van der Waals surface area contributed by atoms with Crippen LogP contribution in [0.4, 0.5) is 11.5 Å². The molecule has 3 heteroatoms. The van der Waals surface area contributed by atoms with E-state index in [0.717, 1.165) is 17.1 Å². The highest BCUT2D eigenvalue weighted by atomic mass is 16.3. The highest BCUT2D eigenvalue weighted by molar-refractivity contribution is 5.59. The summed E-state index contributed by atoms with van der Waals surface area (Å²) in [6.07, 6.45) is 2.55. The number of para-hydroxylation sites is 1. The molecule has 0 fully saturated rings. The number of aryl methyl sites for hydroxylation is 1. The van der Waals surface area contributed by atoms with Crippen molar-refractivity contribution in [1.29, 1.82) is 0 Å². The number of aliphatic hydroxyl groups is 1. The van der Waals surface area contributed by atoms with Crippen molar-refractivity contribution in [1.82, 2.24) is 0 Å². The molecule has 3 nitrogen and oxygen atoms in total. The molecule has 0 unspecified atom stereocenters. The van der Waals surface area contributed by atoms with Crippen LogP contribution < -0.4 is 9.47 Å². The molecule has 2 aromatic carbocycles. The van der Waals surface area contributed by atoms with Gasteiger partial charge < -0.3 is 5.11 Å². The van der Waals surface area contributed by atoms with Gasteiger partial charge in [0.1, 0.15) is 5.69 Å². The molecule has 0 saturated heterocycles. The van der Waals surface area contributed by atoms with Crippen LogP contribution in [-0.4, -0.2) is 11.7 Å². The van der Waals surface area contributed by atoms with Gasteiger partial charge in [0.15, 0.2) is 6.54 Å². The average Bonchev–Trinajstić information content (AvgIpc) is 2.91. The summed E-state index contributed by atoms with van der Waals surface area (Å²) in [5.41, 5.74) is 2.51. The monoisotopic (exact) mass is 317 g/mol. The van der Waals surface area contributed by atoms with Crippen LogP contribution >= 0.6 is 0 Å². The number of β-amino-alcohol motifs (C(OH)–C–C–N with tert-alkyl or cyclic N) is 1. The lowest BCUT2D eigenvalue weighted by Crippen LogP contribution is -2.56. The number of nitrogens with zero attached hydrogens (tertiary/aromatic N) is 2. The third kappa shape index (κ3) is 2.57. The van der Waals surface area contributed by atoms with E-state index in [2.05, 4.69) is 54.3 Å². The molecule has 1 N–H and O–H groups in total. The van der Waals surface area contributed by atoms with E-state index in [0.29, 0.717) is 13.0 Å². The van der Waals surface area contributed by atoms with E-state index in [9.17, 15) is 5.11 Å². The van der Waals surface area contributed by atoms with E-state index in [1.807, 2.05) is 41.1 Å². The molecule has 3 aromatic rings. The molecule has 0 spiro atoms. The van der Waals surface area contributed by atoms with Crippen LogP contribution in [0.5, 0.6) is 0 Å². The van der Waals surface area contributed by atoms with Crippen LogP contribution in [0.3, 0.4) is 0 Å². The molecule has 0 amide bonds. The van der Waals surface area contributed by atoms with E-state index in [1.165, 1.54) is 5.56 Å². The van der Waals surface area contributed by atoms with Crippen LogP contribution in [-0.2, 0) is 12.1 Å². The molecule has 0 radical (unpaired) electrons. The second-order valence-electron chi connectivity index (χ2n) is 6.50. The first-order valence-electron chi connectivity index (χ1n) is 8.27. The molecule has 1 aromatic heterocycles. The number of rotatable bonds is 3. The Bertz CT molecular complexity index is 845. The Morgan fingerprint density at radius 3 is 2.42 bits per heavy atom. The molecular weight excluding hydrogens is 296 g/mol. The zero-order chi connectivity index (χ0) is 16.6. The Balaban J connectivity index is 1.73. The fourth-order valence-corrected chi connectivity index (χ4v) is 3.42. The second-order valence-corrected chi connectivity index (χ2v) is 6.50. The van der Waals surface area contributed by atoms with E-state index >= 15 is 0 Å². The predicted octanol–water partition coefficient (Wildman–Crippen LogP) is 3.32. The number of pyridine rings is 1. The molecule has 2 heterocycles. The van der Waals surface area contributed by atoms with Crippen molar-refractivity contribution in [2.75, 3.05) is 11.4 Å². The third-order valence-corrected chi connectivity index (χ3v) is 4.65. The van der Waals surface area contributed by atoms with Crippen molar-refractivity contribution in [3.63, 3.8) is 0 Å². The Morgan fingerprint density at radius 2 is 1.67 bits per heavy atom. The maximum Gasteiger partial charge on any atom is 0.284 e. The normalized spacial score (nSPS) is 19.3. The van der Waals surface area contributed by atoms with Gasteiger partial charge in [-0.25, -0.2) is 9.47 Å². The number of hydrogen-bond acceptors (Lipinski definition) is 2. The van der Waals surface area contributed by atoms with Crippen LogP contribution in [0.1, 0.15) is 11.1 Å². The van der Waals surface area contributed by atoms with Crippen LogP contribution in [0, 0.1) is 6.92 Å². The first-order valence-corrected chi connectivity index (χ1v) is 8.27. The topological polar surface area (TPSA) is 27.3 Å². The van der Waals surface area contributed by atoms with Gasteiger partial charge in [0.05, 0.1) is 6.20 Å². The van der Waals surface area contributed by atoms with Gasteiger partial charge in [-0.1, -0.05) is 54.1 Å². The fourth-order valence-electron chi connectivity index (χ4n) is 3.42. The number of anilines is 2. The fraction of sp³-hybridized carbons (Fsp3) is 0.190. The molecule has 120 valence electrons. The lowest BCUT2D eigenvalue weighted by atomic mass is 10.0. The summed E-state index contributed by atoms with van der Waals surface area (Å²) in [5.74, 6) is 1.01. The van der Waals surface area contributed by atoms with Crippen molar-refractivity contribution in [2.24, 2.45) is 0 Å². The minimum Gasteiger partial charge on any atom is -0.349 e. The Kier molecular flexibility index (Phi) is 3.58. The first kappa shape index (κ1) is 14.9. The van der Waals surface area contributed by atoms with Gasteiger partial charge in [0, 0.05) is 12.5 Å². The van der Waals surface area contributed by atoms with Crippen molar-refractivity contribution in [3.05, 3.63) is 90.1 Å². The molecule has 24 heavy (non-hydrogen) atoms. The van der Waals surface area contributed by atoms with E-state index in [-0.39, 0.29) is 0 Å². The van der Waals surface area contributed by atoms with Gasteiger partial charge in [-0.05, 0) is 30.7 Å². The molecule has 1 aliphatic rings. The summed E-state index contributed by atoms with van der Waals surface area (Å²) in [4.78, 5) is 2.17. The summed E-state index contributed by atoms with van der Waals surface area (Å²) >= 11 is 0. The average molecular weight is 317 g/mol. The van der Waals surface area contributed by atoms with Crippen LogP contribution in [0.25, 0.3) is 0 Å². The Labute approximate surface area is 142 Å². The quantitative estimate of drug-likeness (QED) is 0.750. The highest BCUT2D eigenvalue weighted by Gasteiger charge is 2.48. The SMILES string of the molecule is Cc1ccc(C[C@]2(O)CN(c3ccccc3)c3cccc[n+]32)cc1. The standard InChI is InChI=1S/C21H21N2O/c1-17-10-12-18(13-11-17)15-21(24)16-22(19-7-3-2-4-8-19)20-9-5-6-14-23(20)21/h2-14,24H,15-16H2,1H3/q+1/t21-/m0/s1. The summed E-state index contributed by atoms with van der Waals surface area (Å²) in [7, 11) is 0. The number of hydrogen-bond donors (Lipinski definition) is 1. The van der Waals surface area contributed by atoms with Gasteiger partial charge in [-0.2, -0.15) is 0 Å². The minimum atomic E-state index is -0.957. The molecule has 1 aliphatic heterocycles. The van der Waals surface area contributed by atoms with Crippen LogP contribution in [0.2, 0.25) is 0 Å². The minimum absolute atomic E-state index is 0.537. The molecule has 0 bridgehead atoms. The van der Waals surface area contributed by atoms with Crippen molar-refractivity contribution in [3.8, 4) is 0 Å². The first-order chi connectivity index (χ1) is 11.7. The summed E-state index contributed by atoms with van der Waals surface area (Å²) in [6.45, 7) is 2.62. The smallest absolute Gasteiger partial charge is 0.284 e. The van der Waals surface area contributed by atoms with Gasteiger partial charge in [0.25, 0.3) is 11.5 Å². The Morgan fingerprint density at radius 1 is 0.958 bits per heavy atom. The highest BCUT2D eigenvalue weighted by Crippen LogP contribution is 2.32. The zero-order valence-corrected chi connectivity index (χ0v) is 13.8. The van der Waals surface area contributed by atoms with E-state index in [4.69, 9.17) is 0 Å². The maximum absolute atomic E-state index is 11.4. The molecule has 0 aliphatic carbocycles. The lowest BCUT2D eigenvalue weighted by molar-refractivity contribution is -0.782. The largest absolute Gasteiger partial charge is 0.349 e. The zero-order valence-electron chi connectivity index (χ0n) is 13.8. The predicted molar refractivity (Wildman–Crippen MR) is 95.2 cm³/mol. The molecule has 1 atom stereocenters. The maximum atomic E-state index is 11.4. The summed E-state index contributed by atoms with van der Waals surface area (Å²) < 4.78 is 1.99. The number of fused-ring (bicyclic) bond motifs is 1. The number of aromatic nitrogens is 1. The van der Waals surface area contributed by atoms with Crippen LogP contribution in [0.15, 0.2) is 79.0 Å². The number of benzene rings is 2. The van der Waals surface area contributed by atoms with Gasteiger partial charge >= 0.3 is 0 Å².